The van der Waals surface area contributed by atoms with Crippen LogP contribution in [0.1, 0.15) is 5.56 Å². The van der Waals surface area contributed by atoms with Gasteiger partial charge in [-0.2, -0.15) is 0 Å². The molecular weight excluding hydrogens is 232 g/mol. The standard InChI is InChI=1S/C10H13ClN2O3/c1-16-6-9(12)5-7-4-8(11)2-3-10(7)13(14)15/h2-4,9H,5-6,12H2,1H3. The maximum Gasteiger partial charge on any atom is 0.272 e. The van der Waals surface area contributed by atoms with E-state index in [2.05, 4.69) is 0 Å². The fourth-order valence-electron chi connectivity index (χ4n) is 1.45. The minimum absolute atomic E-state index is 0.0379. The summed E-state index contributed by atoms with van der Waals surface area (Å²) in [4.78, 5) is 10.3. The van der Waals surface area contributed by atoms with Crippen LogP contribution in [0.5, 0.6) is 0 Å². The summed E-state index contributed by atoms with van der Waals surface area (Å²) in [6, 6.07) is 4.17. The smallest absolute Gasteiger partial charge is 0.272 e. The van der Waals surface area contributed by atoms with Gasteiger partial charge in [0.2, 0.25) is 0 Å². The molecule has 0 spiro atoms. The summed E-state index contributed by atoms with van der Waals surface area (Å²) in [6.45, 7) is 0.351. The fraction of sp³-hybridized carbons (Fsp3) is 0.400. The molecule has 1 atom stereocenters. The van der Waals surface area contributed by atoms with E-state index in [1.165, 1.54) is 19.2 Å². The first-order valence-corrected chi connectivity index (χ1v) is 5.09. The third kappa shape index (κ3) is 3.44. The van der Waals surface area contributed by atoms with Crippen LogP contribution in [-0.4, -0.2) is 24.7 Å². The number of nitrogens with two attached hydrogens (primary N) is 1. The van der Waals surface area contributed by atoms with Crippen LogP contribution in [0.3, 0.4) is 0 Å². The summed E-state index contributed by atoms with van der Waals surface area (Å²) >= 11 is 5.79. The van der Waals surface area contributed by atoms with E-state index in [-0.39, 0.29) is 11.7 Å². The van der Waals surface area contributed by atoms with Crippen LogP contribution in [0.2, 0.25) is 5.02 Å². The van der Waals surface area contributed by atoms with Crippen LogP contribution in [0.25, 0.3) is 0 Å². The van der Waals surface area contributed by atoms with Crippen LogP contribution in [0.15, 0.2) is 18.2 Å². The average molecular weight is 245 g/mol. The van der Waals surface area contributed by atoms with Gasteiger partial charge in [-0.15, -0.1) is 0 Å². The minimum Gasteiger partial charge on any atom is -0.383 e. The molecular formula is C10H13ClN2O3. The van der Waals surface area contributed by atoms with E-state index in [1.54, 1.807) is 6.07 Å². The first kappa shape index (κ1) is 12.9. The lowest BCUT2D eigenvalue weighted by molar-refractivity contribution is -0.385. The van der Waals surface area contributed by atoms with Crippen LogP contribution >= 0.6 is 11.6 Å². The van der Waals surface area contributed by atoms with Crippen molar-refractivity contribution in [1.82, 2.24) is 0 Å². The Hall–Kier alpha value is -1.17. The monoisotopic (exact) mass is 244 g/mol. The molecule has 1 rings (SSSR count). The minimum atomic E-state index is -0.439. The first-order chi connectivity index (χ1) is 7.54. The van der Waals surface area contributed by atoms with E-state index in [1.807, 2.05) is 0 Å². The molecule has 1 unspecified atom stereocenters. The molecule has 1 aromatic carbocycles. The van der Waals surface area contributed by atoms with Crippen LogP contribution < -0.4 is 5.73 Å². The molecule has 0 fully saturated rings. The predicted molar refractivity (Wildman–Crippen MR) is 61.7 cm³/mol. The normalized spacial score (nSPS) is 12.4. The van der Waals surface area contributed by atoms with Crippen LogP contribution in [0, 0.1) is 10.1 Å². The highest BCUT2D eigenvalue weighted by molar-refractivity contribution is 6.30. The number of methoxy groups -OCH3 is 1. The van der Waals surface area contributed by atoms with Gasteiger partial charge in [-0.25, -0.2) is 0 Å². The van der Waals surface area contributed by atoms with Crippen molar-refractivity contribution in [2.75, 3.05) is 13.7 Å². The Morgan fingerprint density at radius 2 is 2.31 bits per heavy atom. The number of hydrogen-bond acceptors (Lipinski definition) is 4. The van der Waals surface area contributed by atoms with Crippen LogP contribution in [-0.2, 0) is 11.2 Å². The lowest BCUT2D eigenvalue weighted by atomic mass is 10.1. The maximum absolute atomic E-state index is 10.8. The third-order valence-electron chi connectivity index (χ3n) is 2.10. The van der Waals surface area contributed by atoms with Crippen molar-refractivity contribution in [1.29, 1.82) is 0 Å². The average Bonchev–Trinajstić information content (AvgIpc) is 2.17. The summed E-state index contributed by atoms with van der Waals surface area (Å²) < 4.78 is 4.88. The van der Waals surface area contributed by atoms with Gasteiger partial charge in [-0.05, 0) is 18.6 Å². The maximum atomic E-state index is 10.8. The van der Waals surface area contributed by atoms with Gasteiger partial charge in [-0.3, -0.25) is 10.1 Å². The molecule has 5 nitrogen and oxygen atoms in total. The zero-order valence-corrected chi connectivity index (χ0v) is 9.61. The topological polar surface area (TPSA) is 78.4 Å². The van der Waals surface area contributed by atoms with Gasteiger partial charge in [0.15, 0.2) is 0 Å². The molecule has 88 valence electrons. The molecule has 0 saturated carbocycles. The summed E-state index contributed by atoms with van der Waals surface area (Å²) in [7, 11) is 1.53. The number of benzene rings is 1. The van der Waals surface area contributed by atoms with E-state index in [9.17, 15) is 10.1 Å². The Bertz CT molecular complexity index is 384. The van der Waals surface area contributed by atoms with E-state index in [0.29, 0.717) is 23.6 Å². The van der Waals surface area contributed by atoms with Gasteiger partial charge in [0.1, 0.15) is 0 Å². The summed E-state index contributed by atoms with van der Waals surface area (Å²) in [6.07, 6.45) is 0.366. The van der Waals surface area contributed by atoms with E-state index < -0.39 is 4.92 Å². The number of nitro benzene ring substituents is 1. The number of nitrogens with zero attached hydrogens (tertiary/aromatic N) is 1. The molecule has 0 aliphatic carbocycles. The molecule has 6 heteroatoms. The molecule has 0 saturated heterocycles. The molecule has 0 radical (unpaired) electrons. The largest absolute Gasteiger partial charge is 0.383 e. The summed E-state index contributed by atoms with van der Waals surface area (Å²) in [5.41, 5.74) is 6.31. The van der Waals surface area contributed by atoms with Crippen molar-refractivity contribution in [3.63, 3.8) is 0 Å². The first-order valence-electron chi connectivity index (χ1n) is 4.72. The Labute approximate surface area is 98.3 Å². The van der Waals surface area contributed by atoms with Gasteiger partial charge in [-0.1, -0.05) is 11.6 Å². The third-order valence-corrected chi connectivity index (χ3v) is 2.34. The zero-order valence-electron chi connectivity index (χ0n) is 8.85. The fourth-order valence-corrected chi connectivity index (χ4v) is 1.65. The Morgan fingerprint density at radius 3 is 2.88 bits per heavy atom. The second-order valence-corrected chi connectivity index (χ2v) is 3.89. The van der Waals surface area contributed by atoms with E-state index in [0.717, 1.165) is 0 Å². The Morgan fingerprint density at radius 1 is 1.62 bits per heavy atom. The van der Waals surface area contributed by atoms with E-state index in [4.69, 9.17) is 22.1 Å². The summed E-state index contributed by atoms with van der Waals surface area (Å²) in [5, 5.41) is 11.2. The zero-order chi connectivity index (χ0) is 12.1. The Balaban J connectivity index is 2.92. The molecule has 1 aromatic rings. The molecule has 0 aliphatic rings. The molecule has 16 heavy (non-hydrogen) atoms. The molecule has 2 N–H and O–H groups in total. The van der Waals surface area contributed by atoms with Gasteiger partial charge in [0.25, 0.3) is 5.69 Å². The van der Waals surface area contributed by atoms with Gasteiger partial charge in [0, 0.05) is 29.8 Å². The van der Waals surface area contributed by atoms with Crippen molar-refractivity contribution >= 4 is 17.3 Å². The number of halogens is 1. The van der Waals surface area contributed by atoms with E-state index >= 15 is 0 Å². The second-order valence-electron chi connectivity index (χ2n) is 3.45. The number of hydrogen-bond donors (Lipinski definition) is 1. The van der Waals surface area contributed by atoms with Crippen molar-refractivity contribution in [3.05, 3.63) is 38.9 Å². The molecule has 0 amide bonds. The Kier molecular flexibility index (Phi) is 4.67. The van der Waals surface area contributed by atoms with Crippen molar-refractivity contribution < 1.29 is 9.66 Å². The second kappa shape index (κ2) is 5.79. The van der Waals surface area contributed by atoms with Gasteiger partial charge >= 0.3 is 0 Å². The lowest BCUT2D eigenvalue weighted by Gasteiger charge is -2.10. The van der Waals surface area contributed by atoms with Crippen LogP contribution in [0.4, 0.5) is 5.69 Å². The molecule has 0 bridgehead atoms. The number of ether oxygens (including phenoxy) is 1. The lowest BCUT2D eigenvalue weighted by Crippen LogP contribution is -2.28. The van der Waals surface area contributed by atoms with Crippen molar-refractivity contribution in [2.24, 2.45) is 5.73 Å². The molecule has 0 aromatic heterocycles. The quantitative estimate of drug-likeness (QED) is 0.632. The highest BCUT2D eigenvalue weighted by Crippen LogP contribution is 2.23. The highest BCUT2D eigenvalue weighted by atomic mass is 35.5. The number of nitro groups is 1. The van der Waals surface area contributed by atoms with Crippen molar-refractivity contribution in [2.45, 2.75) is 12.5 Å². The number of rotatable bonds is 5. The molecule has 0 aliphatic heterocycles. The SMILES string of the molecule is COCC(N)Cc1cc(Cl)ccc1[N+](=O)[O-]. The predicted octanol–water partition coefficient (Wildman–Crippen LogP) is 1.76. The van der Waals surface area contributed by atoms with Crippen molar-refractivity contribution in [3.8, 4) is 0 Å². The molecule has 0 heterocycles. The highest BCUT2D eigenvalue weighted by Gasteiger charge is 2.16. The summed E-state index contributed by atoms with van der Waals surface area (Å²) in [5.74, 6) is 0. The van der Waals surface area contributed by atoms with Gasteiger partial charge < -0.3 is 10.5 Å². The van der Waals surface area contributed by atoms with Gasteiger partial charge in [0.05, 0.1) is 11.5 Å².